The fraction of sp³-hybridized carbons (Fsp3) is 0.643. The van der Waals surface area contributed by atoms with Crippen LogP contribution < -0.4 is 0 Å². The SMILES string of the molecule is COCC[C@@H]1CCOC12CN(C(=O)c1ccco1)C2. The van der Waals surface area contributed by atoms with Gasteiger partial charge < -0.3 is 18.8 Å². The molecule has 1 spiro atoms. The summed E-state index contributed by atoms with van der Waals surface area (Å²) in [6.07, 6.45) is 3.58. The van der Waals surface area contributed by atoms with Gasteiger partial charge in [0.2, 0.25) is 0 Å². The van der Waals surface area contributed by atoms with Crippen LogP contribution in [0.25, 0.3) is 0 Å². The Bertz CT molecular complexity index is 436. The summed E-state index contributed by atoms with van der Waals surface area (Å²) in [7, 11) is 1.72. The van der Waals surface area contributed by atoms with Crippen molar-refractivity contribution in [2.75, 3.05) is 33.4 Å². The van der Waals surface area contributed by atoms with Gasteiger partial charge in [0.25, 0.3) is 5.91 Å². The second-order valence-corrected chi connectivity index (χ2v) is 5.32. The Labute approximate surface area is 112 Å². The molecule has 5 heteroatoms. The molecular formula is C14H19NO4. The van der Waals surface area contributed by atoms with Crippen LogP contribution in [-0.2, 0) is 9.47 Å². The second kappa shape index (κ2) is 4.98. The minimum absolute atomic E-state index is 0.0448. The van der Waals surface area contributed by atoms with Crippen molar-refractivity contribution in [2.24, 2.45) is 5.92 Å². The molecule has 2 aliphatic rings. The number of hydrogen-bond donors (Lipinski definition) is 0. The Kier molecular flexibility index (Phi) is 3.33. The molecule has 0 unspecified atom stereocenters. The van der Waals surface area contributed by atoms with Gasteiger partial charge in [-0.15, -0.1) is 0 Å². The van der Waals surface area contributed by atoms with E-state index in [0.29, 0.717) is 24.8 Å². The average molecular weight is 265 g/mol. The summed E-state index contributed by atoms with van der Waals surface area (Å²) in [5.41, 5.74) is -0.138. The second-order valence-electron chi connectivity index (χ2n) is 5.32. The number of ether oxygens (including phenoxy) is 2. The third-order valence-corrected chi connectivity index (χ3v) is 4.21. The molecule has 0 aliphatic carbocycles. The monoisotopic (exact) mass is 265 g/mol. The summed E-state index contributed by atoms with van der Waals surface area (Å²) in [5.74, 6) is 0.853. The fourth-order valence-electron chi connectivity index (χ4n) is 3.10. The van der Waals surface area contributed by atoms with E-state index < -0.39 is 0 Å². The van der Waals surface area contributed by atoms with Crippen LogP contribution in [0.1, 0.15) is 23.4 Å². The first kappa shape index (κ1) is 12.7. The van der Waals surface area contributed by atoms with E-state index >= 15 is 0 Å². The van der Waals surface area contributed by atoms with Gasteiger partial charge in [-0.2, -0.15) is 0 Å². The minimum Gasteiger partial charge on any atom is -0.459 e. The first-order valence-corrected chi connectivity index (χ1v) is 6.71. The number of carbonyl (C=O) groups is 1. The molecule has 2 saturated heterocycles. The highest BCUT2D eigenvalue weighted by Crippen LogP contribution is 2.42. The number of hydrogen-bond acceptors (Lipinski definition) is 4. The lowest BCUT2D eigenvalue weighted by molar-refractivity contribution is -0.120. The molecule has 3 rings (SSSR count). The number of rotatable bonds is 4. The Morgan fingerprint density at radius 3 is 3.11 bits per heavy atom. The molecule has 3 heterocycles. The molecule has 104 valence electrons. The molecule has 2 aliphatic heterocycles. The fourth-order valence-corrected chi connectivity index (χ4v) is 3.10. The number of amides is 1. The summed E-state index contributed by atoms with van der Waals surface area (Å²) in [4.78, 5) is 13.9. The maximum absolute atomic E-state index is 12.1. The zero-order valence-electron chi connectivity index (χ0n) is 11.1. The van der Waals surface area contributed by atoms with Crippen molar-refractivity contribution in [3.05, 3.63) is 24.2 Å². The lowest BCUT2D eigenvalue weighted by Gasteiger charge is -2.50. The van der Waals surface area contributed by atoms with Crippen molar-refractivity contribution in [2.45, 2.75) is 18.4 Å². The third kappa shape index (κ3) is 2.17. The predicted octanol–water partition coefficient (Wildman–Crippen LogP) is 1.55. The number of carbonyl (C=O) groups excluding carboxylic acids is 1. The van der Waals surface area contributed by atoms with Crippen LogP contribution in [0, 0.1) is 5.92 Å². The van der Waals surface area contributed by atoms with E-state index in [1.807, 2.05) is 0 Å². The lowest BCUT2D eigenvalue weighted by Crippen LogP contribution is -2.66. The maximum atomic E-state index is 12.1. The van der Waals surface area contributed by atoms with Crippen LogP contribution in [-0.4, -0.2) is 49.8 Å². The molecule has 1 amide bonds. The zero-order valence-corrected chi connectivity index (χ0v) is 11.1. The van der Waals surface area contributed by atoms with E-state index in [9.17, 15) is 4.79 Å². The number of furan rings is 1. The van der Waals surface area contributed by atoms with Crippen molar-refractivity contribution in [1.29, 1.82) is 0 Å². The van der Waals surface area contributed by atoms with Crippen molar-refractivity contribution >= 4 is 5.91 Å². The van der Waals surface area contributed by atoms with Crippen molar-refractivity contribution < 1.29 is 18.7 Å². The standard InChI is InChI=1S/C14H19NO4/c1-17-7-4-11-5-8-19-14(11)9-15(10-14)13(16)12-3-2-6-18-12/h2-3,6,11H,4-5,7-10H2,1H3/t11-/m1/s1. The van der Waals surface area contributed by atoms with Gasteiger partial charge in [-0.05, 0) is 30.9 Å². The topological polar surface area (TPSA) is 51.9 Å². The van der Waals surface area contributed by atoms with E-state index in [2.05, 4.69) is 0 Å². The quantitative estimate of drug-likeness (QED) is 0.828. The van der Waals surface area contributed by atoms with Gasteiger partial charge in [-0.25, -0.2) is 0 Å². The lowest BCUT2D eigenvalue weighted by atomic mass is 9.79. The average Bonchev–Trinajstić information content (AvgIpc) is 3.02. The normalized spacial score (nSPS) is 24.7. The predicted molar refractivity (Wildman–Crippen MR) is 67.9 cm³/mol. The summed E-state index contributed by atoms with van der Waals surface area (Å²) in [6.45, 7) is 2.88. The highest BCUT2D eigenvalue weighted by atomic mass is 16.5. The Hall–Kier alpha value is -1.33. The molecule has 0 bridgehead atoms. The Balaban J connectivity index is 1.60. The van der Waals surface area contributed by atoms with E-state index in [4.69, 9.17) is 13.9 Å². The molecule has 0 radical (unpaired) electrons. The highest BCUT2D eigenvalue weighted by Gasteiger charge is 2.54. The molecule has 0 N–H and O–H groups in total. The van der Waals surface area contributed by atoms with Gasteiger partial charge in [0, 0.05) is 20.3 Å². The van der Waals surface area contributed by atoms with E-state index in [-0.39, 0.29) is 11.5 Å². The molecule has 0 saturated carbocycles. The Morgan fingerprint density at radius 1 is 1.58 bits per heavy atom. The van der Waals surface area contributed by atoms with E-state index in [1.54, 1.807) is 24.1 Å². The van der Waals surface area contributed by atoms with Crippen molar-refractivity contribution in [1.82, 2.24) is 4.90 Å². The summed E-state index contributed by atoms with van der Waals surface area (Å²) in [6, 6.07) is 3.43. The molecule has 2 fully saturated rings. The number of likely N-dealkylation sites (tertiary alicyclic amines) is 1. The minimum atomic E-state index is -0.138. The molecule has 1 aromatic heterocycles. The molecule has 1 atom stereocenters. The van der Waals surface area contributed by atoms with Gasteiger partial charge in [0.1, 0.15) is 5.60 Å². The van der Waals surface area contributed by atoms with E-state index in [1.165, 1.54) is 6.26 Å². The molecule has 5 nitrogen and oxygen atoms in total. The van der Waals surface area contributed by atoms with Gasteiger partial charge in [-0.1, -0.05) is 0 Å². The van der Waals surface area contributed by atoms with Crippen LogP contribution in [0.15, 0.2) is 22.8 Å². The summed E-state index contributed by atoms with van der Waals surface area (Å²) < 4.78 is 16.2. The van der Waals surface area contributed by atoms with Gasteiger partial charge in [0.05, 0.1) is 19.4 Å². The smallest absolute Gasteiger partial charge is 0.289 e. The van der Waals surface area contributed by atoms with Crippen LogP contribution >= 0.6 is 0 Å². The number of nitrogens with zero attached hydrogens (tertiary/aromatic N) is 1. The van der Waals surface area contributed by atoms with Crippen LogP contribution in [0.3, 0.4) is 0 Å². The van der Waals surface area contributed by atoms with Gasteiger partial charge >= 0.3 is 0 Å². The molecular weight excluding hydrogens is 246 g/mol. The van der Waals surface area contributed by atoms with Crippen LogP contribution in [0.4, 0.5) is 0 Å². The van der Waals surface area contributed by atoms with Crippen molar-refractivity contribution in [3.8, 4) is 0 Å². The molecule has 1 aromatic rings. The van der Waals surface area contributed by atoms with Gasteiger partial charge in [-0.3, -0.25) is 4.79 Å². The Morgan fingerprint density at radius 2 is 2.42 bits per heavy atom. The summed E-state index contributed by atoms with van der Waals surface area (Å²) >= 11 is 0. The van der Waals surface area contributed by atoms with Crippen molar-refractivity contribution in [3.63, 3.8) is 0 Å². The molecule has 19 heavy (non-hydrogen) atoms. The van der Waals surface area contributed by atoms with Gasteiger partial charge in [0.15, 0.2) is 5.76 Å². The largest absolute Gasteiger partial charge is 0.459 e. The van der Waals surface area contributed by atoms with E-state index in [0.717, 1.165) is 26.1 Å². The zero-order chi connectivity index (χ0) is 13.3. The first-order valence-electron chi connectivity index (χ1n) is 6.71. The molecule has 0 aromatic carbocycles. The highest BCUT2D eigenvalue weighted by molar-refractivity contribution is 5.92. The number of methoxy groups -OCH3 is 1. The summed E-state index contributed by atoms with van der Waals surface area (Å²) in [5, 5.41) is 0. The van der Waals surface area contributed by atoms with Crippen LogP contribution in [0.5, 0.6) is 0 Å². The third-order valence-electron chi connectivity index (χ3n) is 4.21. The first-order chi connectivity index (χ1) is 9.25. The maximum Gasteiger partial charge on any atom is 0.289 e. The van der Waals surface area contributed by atoms with Crippen LogP contribution in [0.2, 0.25) is 0 Å².